The predicted molar refractivity (Wildman–Crippen MR) is 99.3 cm³/mol. The van der Waals surface area contributed by atoms with Crippen LogP contribution in [0.3, 0.4) is 0 Å². The molecule has 1 aromatic carbocycles. The summed E-state index contributed by atoms with van der Waals surface area (Å²) in [7, 11) is 3.90. The number of aromatic nitrogens is 3. The second kappa shape index (κ2) is 7.71. The number of nitrogens with one attached hydrogen (secondary N) is 1. The van der Waals surface area contributed by atoms with E-state index < -0.39 is 17.8 Å². The summed E-state index contributed by atoms with van der Waals surface area (Å²) in [4.78, 5) is 17.6. The van der Waals surface area contributed by atoms with Gasteiger partial charge in [-0.1, -0.05) is 12.1 Å². The molecule has 0 bridgehead atoms. The molecule has 0 radical (unpaired) electrons. The average Bonchev–Trinajstić information content (AvgIpc) is 3.08. The minimum absolute atomic E-state index is 0.0242. The van der Waals surface area contributed by atoms with Gasteiger partial charge < -0.3 is 10.2 Å². The number of carbonyl (C=O) groups excluding carboxylic acids is 1. The largest absolute Gasteiger partial charge is 0.433 e. The molecular weight excluding hydrogens is 371 g/mol. The van der Waals surface area contributed by atoms with Crippen molar-refractivity contribution >= 4 is 17.4 Å². The topological polar surface area (TPSA) is 63.1 Å². The fourth-order valence-electron chi connectivity index (χ4n) is 2.52. The number of hydrogen-bond acceptors (Lipinski definition) is 4. The van der Waals surface area contributed by atoms with Crippen molar-refractivity contribution in [3.8, 4) is 0 Å². The molecule has 3 aromatic rings. The third kappa shape index (κ3) is 4.48. The van der Waals surface area contributed by atoms with E-state index in [0.29, 0.717) is 12.4 Å². The first kappa shape index (κ1) is 19.4. The Morgan fingerprint density at radius 2 is 1.82 bits per heavy atom. The summed E-state index contributed by atoms with van der Waals surface area (Å²) >= 11 is 0. The van der Waals surface area contributed by atoms with Gasteiger partial charge in [-0.15, -0.1) is 0 Å². The van der Waals surface area contributed by atoms with Gasteiger partial charge in [0.25, 0.3) is 5.91 Å². The Morgan fingerprint density at radius 3 is 2.39 bits per heavy atom. The van der Waals surface area contributed by atoms with E-state index in [4.69, 9.17) is 0 Å². The molecule has 9 heteroatoms. The molecule has 146 valence electrons. The van der Waals surface area contributed by atoms with Crippen LogP contribution in [0.25, 0.3) is 0 Å². The van der Waals surface area contributed by atoms with E-state index in [1.165, 1.54) is 6.20 Å². The van der Waals surface area contributed by atoms with Gasteiger partial charge in [-0.2, -0.15) is 18.3 Å². The van der Waals surface area contributed by atoms with Gasteiger partial charge in [0.1, 0.15) is 11.5 Å². The van der Waals surface area contributed by atoms with Gasteiger partial charge in [0.15, 0.2) is 0 Å². The van der Waals surface area contributed by atoms with Crippen LogP contribution in [-0.4, -0.2) is 34.8 Å². The first-order valence-corrected chi connectivity index (χ1v) is 8.37. The van der Waals surface area contributed by atoms with Gasteiger partial charge >= 0.3 is 6.18 Å². The van der Waals surface area contributed by atoms with Crippen LogP contribution in [0, 0.1) is 0 Å². The van der Waals surface area contributed by atoms with E-state index in [1.54, 1.807) is 10.7 Å². The van der Waals surface area contributed by atoms with Crippen molar-refractivity contribution in [3.63, 3.8) is 0 Å². The van der Waals surface area contributed by atoms with Crippen molar-refractivity contribution in [1.29, 1.82) is 0 Å². The maximum atomic E-state index is 12.6. The van der Waals surface area contributed by atoms with Crippen LogP contribution >= 0.6 is 0 Å². The van der Waals surface area contributed by atoms with Gasteiger partial charge in [0, 0.05) is 32.0 Å². The zero-order chi connectivity index (χ0) is 20.3. The van der Waals surface area contributed by atoms with Crippen molar-refractivity contribution in [2.24, 2.45) is 0 Å². The smallest absolute Gasteiger partial charge is 0.378 e. The number of carbonyl (C=O) groups is 1. The Labute approximate surface area is 159 Å². The monoisotopic (exact) mass is 389 g/mol. The van der Waals surface area contributed by atoms with Crippen LogP contribution < -0.4 is 10.2 Å². The van der Waals surface area contributed by atoms with Crippen LogP contribution in [0.2, 0.25) is 0 Å². The predicted octanol–water partition coefficient (Wildman–Crippen LogP) is 3.66. The van der Waals surface area contributed by atoms with Crippen molar-refractivity contribution in [3.05, 3.63) is 71.7 Å². The normalized spacial score (nSPS) is 11.3. The Morgan fingerprint density at radius 1 is 1.11 bits per heavy atom. The fraction of sp³-hybridized carbons (Fsp3) is 0.211. The molecule has 28 heavy (non-hydrogen) atoms. The van der Waals surface area contributed by atoms with Gasteiger partial charge in [-0.25, -0.2) is 4.68 Å². The van der Waals surface area contributed by atoms with E-state index in [-0.39, 0.29) is 5.56 Å². The summed E-state index contributed by atoms with van der Waals surface area (Å²) in [6.45, 7) is 0.432. The first-order valence-electron chi connectivity index (χ1n) is 8.37. The van der Waals surface area contributed by atoms with Crippen molar-refractivity contribution in [1.82, 2.24) is 14.8 Å². The average molecular weight is 389 g/mol. The lowest BCUT2D eigenvalue weighted by Gasteiger charge is -2.13. The van der Waals surface area contributed by atoms with Gasteiger partial charge in [0.05, 0.1) is 18.3 Å². The highest BCUT2D eigenvalue weighted by Crippen LogP contribution is 2.27. The molecule has 0 saturated heterocycles. The van der Waals surface area contributed by atoms with E-state index in [2.05, 4.69) is 15.4 Å². The molecule has 0 aliphatic carbocycles. The highest BCUT2D eigenvalue weighted by Gasteiger charge is 2.32. The molecule has 6 nitrogen and oxygen atoms in total. The Balaban J connectivity index is 1.70. The van der Waals surface area contributed by atoms with Crippen LogP contribution in [-0.2, 0) is 12.7 Å². The number of amides is 1. The second-order valence-electron chi connectivity index (χ2n) is 6.32. The maximum Gasteiger partial charge on any atom is 0.433 e. The quantitative estimate of drug-likeness (QED) is 0.723. The summed E-state index contributed by atoms with van der Waals surface area (Å²) in [5, 5.41) is 6.84. The van der Waals surface area contributed by atoms with Crippen molar-refractivity contribution < 1.29 is 18.0 Å². The third-order valence-corrected chi connectivity index (χ3v) is 4.06. The second-order valence-corrected chi connectivity index (χ2v) is 6.32. The van der Waals surface area contributed by atoms with E-state index in [0.717, 1.165) is 29.6 Å². The lowest BCUT2D eigenvalue weighted by atomic mass is 10.2. The number of pyridine rings is 1. The Bertz CT molecular complexity index is 947. The zero-order valence-corrected chi connectivity index (χ0v) is 15.2. The summed E-state index contributed by atoms with van der Waals surface area (Å²) < 4.78 is 39.3. The highest BCUT2D eigenvalue weighted by molar-refractivity contribution is 6.03. The highest BCUT2D eigenvalue weighted by atomic mass is 19.4. The molecule has 0 spiro atoms. The third-order valence-electron chi connectivity index (χ3n) is 4.06. The van der Waals surface area contributed by atoms with Crippen molar-refractivity contribution in [2.75, 3.05) is 24.3 Å². The molecule has 2 aromatic heterocycles. The molecule has 1 amide bonds. The number of anilines is 2. The first-order chi connectivity index (χ1) is 13.2. The standard InChI is InChI=1S/C19H18F3N5O/c1-26(2)15-6-3-13(4-7-15)12-27-17(9-10-24-27)25-18(28)14-5-8-16(23-11-14)19(20,21)22/h3-11H,12H2,1-2H3,(H,25,28). The lowest BCUT2D eigenvalue weighted by Crippen LogP contribution is -2.17. The molecule has 0 aliphatic rings. The molecule has 0 atom stereocenters. The van der Waals surface area contributed by atoms with Crippen LogP contribution in [0.1, 0.15) is 21.6 Å². The molecule has 0 fully saturated rings. The number of rotatable bonds is 5. The molecular formula is C19H18F3N5O. The lowest BCUT2D eigenvalue weighted by molar-refractivity contribution is -0.141. The molecule has 0 unspecified atom stereocenters. The molecule has 0 aliphatic heterocycles. The molecule has 1 N–H and O–H groups in total. The van der Waals surface area contributed by atoms with E-state index in [1.807, 2.05) is 43.3 Å². The molecule has 0 saturated carbocycles. The summed E-state index contributed by atoms with van der Waals surface area (Å²) in [6.07, 6.45) is -2.11. The van der Waals surface area contributed by atoms with Crippen LogP contribution in [0.15, 0.2) is 54.9 Å². The maximum absolute atomic E-state index is 12.6. The molecule has 3 rings (SSSR count). The Hall–Kier alpha value is -3.36. The zero-order valence-electron chi connectivity index (χ0n) is 15.2. The number of alkyl halides is 3. The fourth-order valence-corrected chi connectivity index (χ4v) is 2.52. The van der Waals surface area contributed by atoms with E-state index >= 15 is 0 Å². The number of hydrogen-bond donors (Lipinski definition) is 1. The van der Waals surface area contributed by atoms with Crippen molar-refractivity contribution in [2.45, 2.75) is 12.7 Å². The van der Waals surface area contributed by atoms with Gasteiger partial charge in [0.2, 0.25) is 0 Å². The van der Waals surface area contributed by atoms with E-state index in [9.17, 15) is 18.0 Å². The number of nitrogens with zero attached hydrogens (tertiary/aromatic N) is 4. The summed E-state index contributed by atoms with van der Waals surface area (Å²) in [6, 6.07) is 11.4. The van der Waals surface area contributed by atoms with Gasteiger partial charge in [-0.3, -0.25) is 9.78 Å². The minimum atomic E-state index is -4.55. The molecule has 2 heterocycles. The Kier molecular flexibility index (Phi) is 5.34. The number of halogens is 3. The van der Waals surface area contributed by atoms with Gasteiger partial charge in [-0.05, 0) is 29.8 Å². The minimum Gasteiger partial charge on any atom is -0.378 e. The summed E-state index contributed by atoms with van der Waals surface area (Å²) in [5.41, 5.74) is 1.03. The van der Waals surface area contributed by atoms with Crippen LogP contribution in [0.5, 0.6) is 0 Å². The SMILES string of the molecule is CN(C)c1ccc(Cn2nccc2NC(=O)c2ccc(C(F)(F)F)nc2)cc1. The summed E-state index contributed by atoms with van der Waals surface area (Å²) in [5.74, 6) is -0.132. The number of benzene rings is 1. The van der Waals surface area contributed by atoms with Crippen LogP contribution in [0.4, 0.5) is 24.7 Å².